The van der Waals surface area contributed by atoms with Crippen molar-refractivity contribution in [1.29, 1.82) is 0 Å². The predicted molar refractivity (Wildman–Crippen MR) is 104 cm³/mol. The van der Waals surface area contributed by atoms with E-state index < -0.39 is 34.9 Å². The van der Waals surface area contributed by atoms with Gasteiger partial charge in [0.05, 0.1) is 11.1 Å². The number of likely N-dealkylation sites (tertiary alicyclic amines) is 1. The number of phenolic OH excluding ortho intramolecular Hbond substituents is 1. The molecular formula is C20H17F4N5O2. The molecule has 11 heteroatoms. The Kier molecular flexibility index (Phi) is 5.11. The lowest BCUT2D eigenvalue weighted by Crippen LogP contribution is -2.45. The third kappa shape index (κ3) is 3.82. The van der Waals surface area contributed by atoms with Crippen LogP contribution >= 0.6 is 0 Å². The smallest absolute Gasteiger partial charge is 0.416 e. The quantitative estimate of drug-likeness (QED) is 0.611. The standard InChI is InChI=1S/C20H17F4N5O2/c1-29-6-2-3-14(19(29)31)26-18-12-9-25-5-4-11(12)17(27-28-18)16-13(21)7-10(8-15(16)30)20(22,23)24/h4-5,7-9,14,30H,2-3,6H2,1H3,(H,26,28)/t14-/m1/s1. The van der Waals surface area contributed by atoms with Crippen molar-refractivity contribution in [3.63, 3.8) is 0 Å². The first-order valence-corrected chi connectivity index (χ1v) is 9.39. The molecule has 3 heterocycles. The maximum absolute atomic E-state index is 14.6. The summed E-state index contributed by atoms with van der Waals surface area (Å²) in [5, 5.41) is 21.8. The molecule has 1 saturated heterocycles. The van der Waals surface area contributed by atoms with Crippen molar-refractivity contribution in [2.24, 2.45) is 0 Å². The fourth-order valence-corrected chi connectivity index (χ4v) is 3.61. The maximum atomic E-state index is 14.6. The van der Waals surface area contributed by atoms with Crippen LogP contribution in [0.1, 0.15) is 18.4 Å². The molecule has 1 aliphatic rings. The van der Waals surface area contributed by atoms with Crippen molar-refractivity contribution in [2.45, 2.75) is 25.1 Å². The number of fused-ring (bicyclic) bond motifs is 1. The lowest BCUT2D eigenvalue weighted by atomic mass is 10.0. The number of carbonyl (C=O) groups excluding carboxylic acids is 1. The number of alkyl halides is 3. The van der Waals surface area contributed by atoms with Gasteiger partial charge < -0.3 is 15.3 Å². The van der Waals surface area contributed by atoms with Crippen LogP contribution in [0.25, 0.3) is 22.0 Å². The molecule has 162 valence electrons. The van der Waals surface area contributed by atoms with Gasteiger partial charge in [-0.3, -0.25) is 9.78 Å². The highest BCUT2D eigenvalue weighted by atomic mass is 19.4. The highest BCUT2D eigenvalue weighted by molar-refractivity contribution is 6.01. The van der Waals surface area contributed by atoms with Crippen LogP contribution < -0.4 is 5.32 Å². The van der Waals surface area contributed by atoms with E-state index in [4.69, 9.17) is 0 Å². The van der Waals surface area contributed by atoms with Crippen LogP contribution in [0.15, 0.2) is 30.6 Å². The van der Waals surface area contributed by atoms with Crippen molar-refractivity contribution in [3.05, 3.63) is 42.0 Å². The van der Waals surface area contributed by atoms with Gasteiger partial charge in [-0.15, -0.1) is 10.2 Å². The number of carbonyl (C=O) groups is 1. The number of amides is 1. The monoisotopic (exact) mass is 435 g/mol. The molecule has 0 radical (unpaired) electrons. The Labute approximate surface area is 173 Å². The van der Waals surface area contributed by atoms with Gasteiger partial charge in [0.25, 0.3) is 0 Å². The summed E-state index contributed by atoms with van der Waals surface area (Å²) in [4.78, 5) is 18.0. The summed E-state index contributed by atoms with van der Waals surface area (Å²) in [5.41, 5.74) is -1.96. The number of nitrogens with zero attached hydrogens (tertiary/aromatic N) is 4. The average molecular weight is 435 g/mol. The zero-order valence-electron chi connectivity index (χ0n) is 16.2. The molecule has 0 aliphatic carbocycles. The molecule has 1 atom stereocenters. The molecule has 31 heavy (non-hydrogen) atoms. The largest absolute Gasteiger partial charge is 0.507 e. The van der Waals surface area contributed by atoms with E-state index in [9.17, 15) is 27.5 Å². The number of likely N-dealkylation sites (N-methyl/N-ethyl adjacent to an activating group) is 1. The van der Waals surface area contributed by atoms with E-state index in [0.29, 0.717) is 35.9 Å². The Bertz CT molecular complexity index is 1150. The lowest BCUT2D eigenvalue weighted by Gasteiger charge is -2.30. The molecule has 2 aromatic heterocycles. The predicted octanol–water partition coefficient (Wildman–Crippen LogP) is 3.59. The van der Waals surface area contributed by atoms with Crippen LogP contribution in [-0.4, -0.2) is 50.7 Å². The second kappa shape index (κ2) is 7.64. The molecular weight excluding hydrogens is 418 g/mol. The fourth-order valence-electron chi connectivity index (χ4n) is 3.61. The Morgan fingerprint density at radius 1 is 1.23 bits per heavy atom. The summed E-state index contributed by atoms with van der Waals surface area (Å²) in [5.74, 6) is -2.08. The van der Waals surface area contributed by atoms with Gasteiger partial charge in [-0.05, 0) is 31.0 Å². The second-order valence-corrected chi connectivity index (χ2v) is 7.27. The van der Waals surface area contributed by atoms with Crippen LogP contribution in [-0.2, 0) is 11.0 Å². The minimum Gasteiger partial charge on any atom is -0.507 e. The summed E-state index contributed by atoms with van der Waals surface area (Å²) in [6, 6.07) is 1.69. The summed E-state index contributed by atoms with van der Waals surface area (Å²) in [6.07, 6.45) is -0.612. The van der Waals surface area contributed by atoms with E-state index in [1.807, 2.05) is 0 Å². The first kappa shape index (κ1) is 20.8. The van der Waals surface area contributed by atoms with Gasteiger partial charge in [-0.1, -0.05) is 0 Å². The molecule has 2 N–H and O–H groups in total. The molecule has 7 nitrogen and oxygen atoms in total. The number of hydrogen-bond acceptors (Lipinski definition) is 6. The number of aromatic nitrogens is 3. The SMILES string of the molecule is CN1CCC[C@@H](Nc2nnc(-c3c(O)cc(C(F)(F)F)cc3F)c3ccncc23)C1=O. The first-order valence-electron chi connectivity index (χ1n) is 9.39. The van der Waals surface area contributed by atoms with E-state index in [-0.39, 0.29) is 17.4 Å². The molecule has 0 bridgehead atoms. The highest BCUT2D eigenvalue weighted by Gasteiger charge is 2.33. The number of halogens is 4. The molecule has 0 saturated carbocycles. The van der Waals surface area contributed by atoms with Gasteiger partial charge in [-0.25, -0.2) is 4.39 Å². The van der Waals surface area contributed by atoms with E-state index >= 15 is 0 Å². The molecule has 3 aromatic rings. The van der Waals surface area contributed by atoms with Gasteiger partial charge >= 0.3 is 6.18 Å². The van der Waals surface area contributed by atoms with Crippen molar-refractivity contribution in [3.8, 4) is 17.0 Å². The molecule has 0 unspecified atom stereocenters. The molecule has 1 aromatic carbocycles. The van der Waals surface area contributed by atoms with E-state index in [0.717, 1.165) is 6.42 Å². The summed E-state index contributed by atoms with van der Waals surface area (Å²) < 4.78 is 53.4. The average Bonchev–Trinajstić information content (AvgIpc) is 2.71. The summed E-state index contributed by atoms with van der Waals surface area (Å²) in [6.45, 7) is 0.649. The molecule has 1 amide bonds. The number of anilines is 1. The van der Waals surface area contributed by atoms with Gasteiger partial charge in [0.1, 0.15) is 23.3 Å². The minimum absolute atomic E-state index is 0.111. The molecule has 4 rings (SSSR count). The number of pyridine rings is 1. The number of aromatic hydroxyl groups is 1. The Hall–Kier alpha value is -3.50. The van der Waals surface area contributed by atoms with Crippen molar-refractivity contribution >= 4 is 22.5 Å². The van der Waals surface area contributed by atoms with Crippen molar-refractivity contribution in [2.75, 3.05) is 18.9 Å². The fraction of sp³-hybridized carbons (Fsp3) is 0.300. The Morgan fingerprint density at radius 2 is 2.00 bits per heavy atom. The molecule has 0 spiro atoms. The second-order valence-electron chi connectivity index (χ2n) is 7.27. The number of rotatable bonds is 3. The molecule has 1 fully saturated rings. The normalized spacial score (nSPS) is 17.3. The Balaban J connectivity index is 1.80. The van der Waals surface area contributed by atoms with Crippen molar-refractivity contribution in [1.82, 2.24) is 20.1 Å². The number of piperidine rings is 1. The molecule has 1 aliphatic heterocycles. The number of phenols is 1. The lowest BCUT2D eigenvalue weighted by molar-refractivity contribution is -0.138. The Morgan fingerprint density at radius 3 is 2.71 bits per heavy atom. The van der Waals surface area contributed by atoms with Crippen LogP contribution in [0.4, 0.5) is 23.4 Å². The van der Waals surface area contributed by atoms with Gasteiger partial charge in [0, 0.05) is 36.8 Å². The van der Waals surface area contributed by atoms with Gasteiger partial charge in [0.2, 0.25) is 5.91 Å². The van der Waals surface area contributed by atoms with Crippen LogP contribution in [0.3, 0.4) is 0 Å². The number of benzene rings is 1. The van der Waals surface area contributed by atoms with E-state index in [2.05, 4.69) is 20.5 Å². The van der Waals surface area contributed by atoms with E-state index in [1.54, 1.807) is 11.9 Å². The zero-order valence-corrected chi connectivity index (χ0v) is 16.2. The van der Waals surface area contributed by atoms with Crippen LogP contribution in [0, 0.1) is 5.82 Å². The van der Waals surface area contributed by atoms with E-state index in [1.165, 1.54) is 18.5 Å². The van der Waals surface area contributed by atoms with Crippen molar-refractivity contribution < 1.29 is 27.5 Å². The van der Waals surface area contributed by atoms with Gasteiger partial charge in [0.15, 0.2) is 5.82 Å². The summed E-state index contributed by atoms with van der Waals surface area (Å²) >= 11 is 0. The zero-order chi connectivity index (χ0) is 22.3. The van der Waals surface area contributed by atoms with Crippen LogP contribution in [0.2, 0.25) is 0 Å². The third-order valence-corrected chi connectivity index (χ3v) is 5.19. The highest BCUT2D eigenvalue weighted by Crippen LogP contribution is 2.40. The maximum Gasteiger partial charge on any atom is 0.416 e. The topological polar surface area (TPSA) is 91.2 Å². The third-order valence-electron chi connectivity index (χ3n) is 5.19. The first-order chi connectivity index (χ1) is 14.7. The number of nitrogens with one attached hydrogen (secondary N) is 1. The number of hydrogen-bond donors (Lipinski definition) is 2. The summed E-state index contributed by atoms with van der Waals surface area (Å²) in [7, 11) is 1.70. The minimum atomic E-state index is -4.82. The van der Waals surface area contributed by atoms with Gasteiger partial charge in [-0.2, -0.15) is 13.2 Å². The van der Waals surface area contributed by atoms with Crippen LogP contribution in [0.5, 0.6) is 5.75 Å².